The van der Waals surface area contributed by atoms with Crippen molar-refractivity contribution in [1.82, 2.24) is 24.7 Å². The fourth-order valence-corrected chi connectivity index (χ4v) is 9.67. The Morgan fingerprint density at radius 3 is 2.62 bits per heavy atom. The third-order valence-corrected chi connectivity index (χ3v) is 12.3. The van der Waals surface area contributed by atoms with E-state index in [0.717, 1.165) is 23.5 Å². The summed E-state index contributed by atoms with van der Waals surface area (Å²) in [5, 5.41) is 9.08. The number of hydrogen-bond donors (Lipinski definition) is 1. The van der Waals surface area contributed by atoms with Crippen molar-refractivity contribution in [2.24, 2.45) is 0 Å². The molecule has 4 aliphatic rings. The maximum Gasteiger partial charge on any atom is 0.417 e. The molecule has 0 aliphatic carbocycles. The minimum absolute atomic E-state index is 0.0170. The summed E-state index contributed by atoms with van der Waals surface area (Å²) in [7, 11) is 0. The number of nitriles is 1. The van der Waals surface area contributed by atoms with E-state index in [1.807, 2.05) is 4.90 Å². The lowest BCUT2D eigenvalue weighted by Crippen LogP contribution is -2.61. The molecule has 0 radical (unpaired) electrons. The summed E-state index contributed by atoms with van der Waals surface area (Å²) in [5.74, 6) is -5.42. The van der Waals surface area contributed by atoms with E-state index in [1.165, 1.54) is 4.90 Å². The van der Waals surface area contributed by atoms with Gasteiger partial charge >= 0.3 is 18.2 Å². The van der Waals surface area contributed by atoms with Crippen molar-refractivity contribution in [3.8, 4) is 23.2 Å². The number of aromatic nitrogens is 2. The van der Waals surface area contributed by atoms with Gasteiger partial charge in [0.05, 0.1) is 34.5 Å². The van der Waals surface area contributed by atoms with Gasteiger partial charge in [0.15, 0.2) is 5.82 Å². The highest BCUT2D eigenvalue weighted by molar-refractivity contribution is 7.23. The van der Waals surface area contributed by atoms with Crippen LogP contribution in [-0.4, -0.2) is 107 Å². The number of nitrogens with two attached hydrogens (primary N) is 1. The summed E-state index contributed by atoms with van der Waals surface area (Å²) in [6.45, 7) is 1.32. The van der Waals surface area contributed by atoms with Crippen LogP contribution < -0.4 is 15.4 Å². The van der Waals surface area contributed by atoms with Crippen LogP contribution >= 0.6 is 11.3 Å². The number of benzene rings is 2. The molecule has 0 saturated carbocycles. The number of urea groups is 1. The molecule has 4 aliphatic heterocycles. The predicted octanol–water partition coefficient (Wildman–Crippen LogP) is 7.19. The first-order valence-electron chi connectivity index (χ1n) is 17.8. The van der Waals surface area contributed by atoms with Gasteiger partial charge in [-0.3, -0.25) is 4.90 Å². The first-order valence-corrected chi connectivity index (χ1v) is 18.6. The molecule has 292 valence electrons. The van der Waals surface area contributed by atoms with Crippen LogP contribution in [0.5, 0.6) is 6.01 Å². The van der Waals surface area contributed by atoms with Crippen LogP contribution in [0, 0.1) is 23.0 Å². The van der Waals surface area contributed by atoms with Gasteiger partial charge in [-0.1, -0.05) is 6.07 Å². The lowest BCUT2D eigenvalue weighted by atomic mass is 9.92. The van der Waals surface area contributed by atoms with E-state index in [4.69, 9.17) is 10.5 Å². The van der Waals surface area contributed by atoms with E-state index >= 15 is 17.6 Å². The molecule has 4 saturated heterocycles. The first kappa shape index (κ1) is 37.2. The van der Waals surface area contributed by atoms with Gasteiger partial charge in [0.2, 0.25) is 0 Å². The number of thiophene rings is 1. The Hall–Kier alpha value is -4.70. The molecule has 19 heteroatoms. The average molecular weight is 795 g/mol. The lowest BCUT2D eigenvalue weighted by Gasteiger charge is -2.40. The van der Waals surface area contributed by atoms with Gasteiger partial charge < -0.3 is 25.2 Å². The molecule has 0 spiro atoms. The summed E-state index contributed by atoms with van der Waals surface area (Å²) in [4.78, 5) is 27.8. The van der Waals surface area contributed by atoms with Crippen LogP contribution in [0.4, 0.5) is 50.7 Å². The second-order valence-corrected chi connectivity index (χ2v) is 15.7. The Morgan fingerprint density at radius 1 is 1.16 bits per heavy atom. The van der Waals surface area contributed by atoms with Crippen molar-refractivity contribution < 1.29 is 44.7 Å². The first-order chi connectivity index (χ1) is 26.0. The number of carbonyl (C=O) groups is 1. The number of nitrogen functional groups attached to an aromatic ring is 1. The molecule has 4 fully saturated rings. The van der Waals surface area contributed by atoms with Crippen molar-refractivity contribution >= 4 is 49.2 Å². The number of fused-ring (bicyclic) bond motifs is 3. The summed E-state index contributed by atoms with van der Waals surface area (Å²) < 4.78 is 125. The van der Waals surface area contributed by atoms with E-state index in [-0.39, 0.29) is 83.5 Å². The molecule has 3 atom stereocenters. The topological polar surface area (TPSA) is 115 Å². The Bertz CT molecular complexity index is 2260. The van der Waals surface area contributed by atoms with Gasteiger partial charge in [-0.15, -0.1) is 11.3 Å². The highest BCUT2D eigenvalue weighted by Crippen LogP contribution is 2.48. The van der Waals surface area contributed by atoms with Crippen molar-refractivity contribution in [3.63, 3.8) is 0 Å². The van der Waals surface area contributed by atoms with Gasteiger partial charge in [-0.05, 0) is 50.4 Å². The number of alkyl halides is 6. The Kier molecular flexibility index (Phi) is 8.94. The van der Waals surface area contributed by atoms with Crippen LogP contribution in [0.15, 0.2) is 18.2 Å². The van der Waals surface area contributed by atoms with E-state index in [1.54, 1.807) is 17.9 Å². The molecule has 2 amide bonds. The van der Waals surface area contributed by atoms with Crippen molar-refractivity contribution in [1.29, 1.82) is 5.26 Å². The fraction of sp³-hybridized carbons (Fsp3) is 0.500. The molecule has 10 nitrogen and oxygen atoms in total. The summed E-state index contributed by atoms with van der Waals surface area (Å²) in [5.41, 5.74) is 1.54. The smallest absolute Gasteiger partial charge is 0.417 e. The van der Waals surface area contributed by atoms with E-state index in [2.05, 4.69) is 9.97 Å². The summed E-state index contributed by atoms with van der Waals surface area (Å²) in [6.07, 6.45) is -4.41. The van der Waals surface area contributed by atoms with Crippen molar-refractivity contribution in [2.75, 3.05) is 63.1 Å². The number of halogens is 8. The molecule has 55 heavy (non-hydrogen) atoms. The van der Waals surface area contributed by atoms with E-state index in [0.29, 0.717) is 30.4 Å². The molecule has 0 bridgehead atoms. The molecular formula is C36H34F8N8O2S. The van der Waals surface area contributed by atoms with Gasteiger partial charge in [-0.25, -0.2) is 26.7 Å². The van der Waals surface area contributed by atoms with Crippen LogP contribution in [-0.2, 0) is 6.18 Å². The predicted molar refractivity (Wildman–Crippen MR) is 188 cm³/mol. The Balaban J connectivity index is 1.28. The van der Waals surface area contributed by atoms with Crippen LogP contribution in [0.2, 0.25) is 0 Å². The van der Waals surface area contributed by atoms with E-state index in [9.17, 15) is 27.6 Å². The molecule has 2 aromatic carbocycles. The quantitative estimate of drug-likeness (QED) is 0.196. The van der Waals surface area contributed by atoms with Crippen LogP contribution in [0.1, 0.15) is 43.7 Å². The van der Waals surface area contributed by atoms with Gasteiger partial charge in [-0.2, -0.15) is 28.4 Å². The zero-order valence-corrected chi connectivity index (χ0v) is 30.1. The highest BCUT2D eigenvalue weighted by Gasteiger charge is 2.50. The van der Waals surface area contributed by atoms with Gasteiger partial charge in [0, 0.05) is 55.0 Å². The minimum atomic E-state index is -5.19. The van der Waals surface area contributed by atoms with E-state index < -0.39 is 82.8 Å². The number of nitrogens with zero attached hydrogens (tertiary/aromatic N) is 7. The molecule has 2 N–H and O–H groups in total. The zero-order valence-electron chi connectivity index (χ0n) is 29.3. The zero-order chi connectivity index (χ0) is 39.2. The van der Waals surface area contributed by atoms with Crippen molar-refractivity contribution in [2.45, 2.75) is 62.5 Å². The van der Waals surface area contributed by atoms with Gasteiger partial charge in [0.25, 0.3) is 5.92 Å². The molecule has 2 aromatic heterocycles. The summed E-state index contributed by atoms with van der Waals surface area (Å²) in [6, 6.07) is 2.77. The molecular weight excluding hydrogens is 761 g/mol. The number of rotatable bonds is 7. The second kappa shape index (κ2) is 13.2. The number of carbonyl (C=O) groups excluding carboxylic acids is 1. The van der Waals surface area contributed by atoms with Crippen LogP contribution in [0.25, 0.3) is 32.1 Å². The number of likely N-dealkylation sites (N-methyl/N-ethyl adjacent to an activating group) is 1. The number of likely N-dealkylation sites (tertiary alicyclic amines) is 2. The Morgan fingerprint density at radius 2 is 1.93 bits per heavy atom. The average Bonchev–Trinajstić information content (AvgIpc) is 3.89. The monoisotopic (exact) mass is 794 g/mol. The molecule has 8 rings (SSSR count). The normalized spacial score (nSPS) is 23.7. The molecule has 6 heterocycles. The largest absolute Gasteiger partial charge is 0.461 e. The van der Waals surface area contributed by atoms with Crippen molar-refractivity contribution in [3.05, 3.63) is 41.0 Å². The summed E-state index contributed by atoms with van der Waals surface area (Å²) >= 11 is 0.648. The molecule has 3 unspecified atom stereocenters. The standard InChI is InChI=1S/C36H34F8N8O2S/c1-2-52(19-6-9-49(14-19)33(53)50-15-35(40,41)16-50)31-21-10-23(36(42,43)44)26(20-4-5-24(38)29-25(20)22(12-45)30(46)55-29)27(39)28(21)47-32(48-31)54-17-34-7-3-8-51(34)13-18(37)11-34/h4-5,10,18-19H,2-3,6-9,11,13-17,46H2,1H3. The van der Waals surface area contributed by atoms with Crippen LogP contribution in [0.3, 0.4) is 0 Å². The number of anilines is 2. The third kappa shape index (κ3) is 6.21. The SMILES string of the molecule is CCN(c1nc(OCC23CCCN2CC(F)C3)nc2c(F)c(-c3ccc(F)c4sc(N)c(C#N)c34)c(C(F)(F)F)cc12)C1CCN(C(=O)N2CC(F)(F)C2)C1. The Labute approximate surface area is 313 Å². The number of ether oxygens (including phenoxy) is 1. The van der Waals surface area contributed by atoms with Gasteiger partial charge in [0.1, 0.15) is 41.0 Å². The highest BCUT2D eigenvalue weighted by atomic mass is 32.1. The lowest BCUT2D eigenvalue weighted by molar-refractivity contribution is -0.137. The number of hydrogen-bond acceptors (Lipinski definition) is 9. The maximum atomic E-state index is 17.2. The second-order valence-electron chi connectivity index (χ2n) is 14.6. The molecule has 4 aromatic rings. The fourth-order valence-electron chi connectivity index (χ4n) is 8.72. The number of amides is 2. The maximum absolute atomic E-state index is 17.2. The third-order valence-electron chi connectivity index (χ3n) is 11.2. The minimum Gasteiger partial charge on any atom is -0.461 e.